The summed E-state index contributed by atoms with van der Waals surface area (Å²) < 4.78 is 38.1. The zero-order chi connectivity index (χ0) is 16.5. The molecule has 1 aromatic rings. The van der Waals surface area contributed by atoms with Crippen LogP contribution in [0.4, 0.5) is 23.7 Å². The van der Waals surface area contributed by atoms with E-state index in [-0.39, 0.29) is 18.8 Å². The number of aliphatic carboxylic acids is 1. The molecule has 1 aliphatic rings. The third-order valence-electron chi connectivity index (χ3n) is 3.63. The normalized spacial score (nSPS) is 18.4. The van der Waals surface area contributed by atoms with Gasteiger partial charge in [0.25, 0.3) is 0 Å². The summed E-state index contributed by atoms with van der Waals surface area (Å²) in [4.78, 5) is 24.2. The Bertz CT molecular complexity index is 601. The molecule has 2 rings (SSSR count). The van der Waals surface area contributed by atoms with E-state index < -0.39 is 29.7 Å². The summed E-state index contributed by atoms with van der Waals surface area (Å²) in [6.45, 7) is 1.90. The molecule has 1 saturated heterocycles. The van der Waals surface area contributed by atoms with Gasteiger partial charge in [0.05, 0.1) is 11.5 Å². The maximum atomic E-state index is 12.7. The Morgan fingerprint density at radius 2 is 2.05 bits per heavy atom. The van der Waals surface area contributed by atoms with E-state index in [0.29, 0.717) is 12.0 Å². The van der Waals surface area contributed by atoms with Gasteiger partial charge in [-0.25, -0.2) is 4.79 Å². The minimum absolute atomic E-state index is 0.0547. The van der Waals surface area contributed by atoms with E-state index >= 15 is 0 Å². The van der Waals surface area contributed by atoms with Gasteiger partial charge in [-0.1, -0.05) is 6.07 Å². The zero-order valence-electron chi connectivity index (χ0n) is 11.8. The Morgan fingerprint density at radius 3 is 2.59 bits per heavy atom. The van der Waals surface area contributed by atoms with Gasteiger partial charge < -0.3 is 15.3 Å². The van der Waals surface area contributed by atoms with Crippen LogP contribution in [-0.2, 0) is 11.0 Å². The highest BCUT2D eigenvalue weighted by Crippen LogP contribution is 2.32. The fourth-order valence-electron chi connectivity index (χ4n) is 2.27. The van der Waals surface area contributed by atoms with Crippen LogP contribution in [0.5, 0.6) is 0 Å². The van der Waals surface area contributed by atoms with E-state index in [1.54, 1.807) is 6.92 Å². The Balaban J connectivity index is 2.10. The second-order valence-corrected chi connectivity index (χ2v) is 5.23. The molecule has 0 aliphatic carbocycles. The summed E-state index contributed by atoms with van der Waals surface area (Å²) in [5.74, 6) is -1.61. The van der Waals surface area contributed by atoms with Crippen LogP contribution in [0.15, 0.2) is 18.2 Å². The van der Waals surface area contributed by atoms with Gasteiger partial charge in [0.2, 0.25) is 0 Å². The smallest absolute Gasteiger partial charge is 0.416 e. The molecule has 0 radical (unpaired) electrons. The molecule has 5 nitrogen and oxygen atoms in total. The Kier molecular flexibility index (Phi) is 4.30. The Labute approximate surface area is 124 Å². The number of hydrogen-bond acceptors (Lipinski definition) is 2. The van der Waals surface area contributed by atoms with Crippen molar-refractivity contribution in [3.05, 3.63) is 29.3 Å². The number of anilines is 1. The molecule has 1 fully saturated rings. The van der Waals surface area contributed by atoms with Crippen molar-refractivity contribution in [3.63, 3.8) is 0 Å². The maximum absolute atomic E-state index is 12.7. The number of nitrogens with one attached hydrogen (secondary N) is 1. The fourth-order valence-corrected chi connectivity index (χ4v) is 2.27. The fraction of sp³-hybridized carbons (Fsp3) is 0.429. The van der Waals surface area contributed by atoms with Crippen molar-refractivity contribution >= 4 is 17.7 Å². The first-order valence-corrected chi connectivity index (χ1v) is 6.65. The van der Waals surface area contributed by atoms with Gasteiger partial charge in [0, 0.05) is 18.8 Å². The molecule has 1 aromatic carbocycles. The van der Waals surface area contributed by atoms with E-state index in [1.807, 2.05) is 0 Å². The first-order valence-electron chi connectivity index (χ1n) is 6.65. The highest BCUT2D eigenvalue weighted by Gasteiger charge is 2.33. The van der Waals surface area contributed by atoms with Crippen LogP contribution in [0.1, 0.15) is 17.5 Å². The van der Waals surface area contributed by atoms with Crippen LogP contribution in [0, 0.1) is 12.8 Å². The number of likely N-dealkylation sites (tertiary alicyclic amines) is 1. The van der Waals surface area contributed by atoms with Gasteiger partial charge in [-0.3, -0.25) is 4.79 Å². The molecule has 0 saturated carbocycles. The number of carbonyl (C=O) groups excluding carboxylic acids is 1. The van der Waals surface area contributed by atoms with Crippen LogP contribution < -0.4 is 5.32 Å². The molecule has 120 valence electrons. The molecule has 1 heterocycles. The van der Waals surface area contributed by atoms with Crippen LogP contribution in [-0.4, -0.2) is 35.1 Å². The third-order valence-corrected chi connectivity index (χ3v) is 3.63. The summed E-state index contributed by atoms with van der Waals surface area (Å²) in [6, 6.07) is 2.51. The summed E-state index contributed by atoms with van der Waals surface area (Å²) in [7, 11) is 0. The molecule has 8 heteroatoms. The van der Waals surface area contributed by atoms with Crippen molar-refractivity contribution in [1.29, 1.82) is 0 Å². The standard InChI is InChI=1S/C14H15F3N2O3/c1-8-2-3-10(14(15,16)17)6-11(8)18-13(22)19-5-4-9(7-19)12(20)21/h2-3,6,9H,4-5,7H2,1H3,(H,18,22)(H,20,21). The molecule has 2 amide bonds. The number of benzene rings is 1. The lowest BCUT2D eigenvalue weighted by atomic mass is 10.1. The van der Waals surface area contributed by atoms with Crippen molar-refractivity contribution in [1.82, 2.24) is 4.90 Å². The zero-order valence-corrected chi connectivity index (χ0v) is 11.8. The van der Waals surface area contributed by atoms with E-state index in [1.165, 1.54) is 11.0 Å². The highest BCUT2D eigenvalue weighted by atomic mass is 19.4. The number of amides is 2. The Morgan fingerprint density at radius 1 is 1.36 bits per heavy atom. The second-order valence-electron chi connectivity index (χ2n) is 5.23. The monoisotopic (exact) mass is 316 g/mol. The minimum atomic E-state index is -4.49. The van der Waals surface area contributed by atoms with E-state index in [2.05, 4.69) is 5.32 Å². The van der Waals surface area contributed by atoms with Crippen molar-refractivity contribution in [2.45, 2.75) is 19.5 Å². The molecule has 2 N–H and O–H groups in total. The SMILES string of the molecule is Cc1ccc(C(F)(F)F)cc1NC(=O)N1CCC(C(=O)O)C1. The topological polar surface area (TPSA) is 69.6 Å². The van der Waals surface area contributed by atoms with Crippen LogP contribution in [0.25, 0.3) is 0 Å². The first kappa shape index (κ1) is 16.1. The van der Waals surface area contributed by atoms with Gasteiger partial charge in [-0.15, -0.1) is 0 Å². The number of urea groups is 1. The first-order chi connectivity index (χ1) is 10.2. The van der Waals surface area contributed by atoms with Crippen LogP contribution >= 0.6 is 0 Å². The number of alkyl halides is 3. The summed E-state index contributed by atoms with van der Waals surface area (Å²) in [5, 5.41) is 11.3. The van der Waals surface area contributed by atoms with Crippen molar-refractivity contribution in [2.75, 3.05) is 18.4 Å². The average Bonchev–Trinajstić information content (AvgIpc) is 2.89. The largest absolute Gasteiger partial charge is 0.481 e. The second kappa shape index (κ2) is 5.86. The van der Waals surface area contributed by atoms with Crippen LogP contribution in [0.3, 0.4) is 0 Å². The molecule has 1 atom stereocenters. The quantitative estimate of drug-likeness (QED) is 0.881. The molecule has 0 bridgehead atoms. The number of carboxylic acids is 1. The van der Waals surface area contributed by atoms with Crippen molar-refractivity contribution in [3.8, 4) is 0 Å². The van der Waals surface area contributed by atoms with E-state index in [9.17, 15) is 22.8 Å². The highest BCUT2D eigenvalue weighted by molar-refractivity contribution is 5.91. The number of nitrogens with zero attached hydrogens (tertiary/aromatic N) is 1. The van der Waals surface area contributed by atoms with Crippen molar-refractivity contribution < 1.29 is 27.9 Å². The number of halogens is 3. The van der Waals surface area contributed by atoms with Crippen molar-refractivity contribution in [2.24, 2.45) is 5.92 Å². The number of aryl methyl sites for hydroxylation is 1. The summed E-state index contributed by atoms with van der Waals surface area (Å²) >= 11 is 0. The molecular weight excluding hydrogens is 301 g/mol. The van der Waals surface area contributed by atoms with E-state index in [4.69, 9.17) is 5.11 Å². The molecular formula is C14H15F3N2O3. The minimum Gasteiger partial charge on any atom is -0.481 e. The average molecular weight is 316 g/mol. The van der Waals surface area contributed by atoms with Crippen LogP contribution in [0.2, 0.25) is 0 Å². The lowest BCUT2D eigenvalue weighted by molar-refractivity contribution is -0.141. The number of carboxylic acid groups (broad SMARTS) is 1. The lowest BCUT2D eigenvalue weighted by Crippen LogP contribution is -2.34. The summed E-state index contributed by atoms with van der Waals surface area (Å²) in [5.41, 5.74) is -0.285. The molecule has 0 spiro atoms. The predicted molar refractivity (Wildman–Crippen MR) is 72.5 cm³/mol. The van der Waals surface area contributed by atoms with Gasteiger partial charge in [0.1, 0.15) is 0 Å². The number of hydrogen-bond donors (Lipinski definition) is 2. The molecule has 1 aliphatic heterocycles. The molecule has 22 heavy (non-hydrogen) atoms. The lowest BCUT2D eigenvalue weighted by Gasteiger charge is -2.18. The third kappa shape index (κ3) is 3.49. The number of rotatable bonds is 2. The Hall–Kier alpha value is -2.25. The van der Waals surface area contributed by atoms with Gasteiger partial charge in [-0.2, -0.15) is 13.2 Å². The molecule has 1 unspecified atom stereocenters. The van der Waals surface area contributed by atoms with Gasteiger partial charge >= 0.3 is 18.2 Å². The predicted octanol–water partition coefficient (Wildman–Crippen LogP) is 2.95. The van der Waals surface area contributed by atoms with E-state index in [0.717, 1.165) is 12.1 Å². The molecule has 0 aromatic heterocycles. The maximum Gasteiger partial charge on any atom is 0.416 e. The van der Waals surface area contributed by atoms with Gasteiger partial charge in [-0.05, 0) is 31.0 Å². The number of carbonyl (C=O) groups is 2. The van der Waals surface area contributed by atoms with Gasteiger partial charge in [0.15, 0.2) is 0 Å². The summed E-state index contributed by atoms with van der Waals surface area (Å²) in [6.07, 6.45) is -4.15.